The molecule has 0 atom stereocenters. The zero-order valence-corrected chi connectivity index (χ0v) is 12.3. The summed E-state index contributed by atoms with van der Waals surface area (Å²) in [6.07, 6.45) is 5.54. The minimum Gasteiger partial charge on any atom is -0.484 e. The fraction of sp³-hybridized carbons (Fsp3) is 0.500. The van der Waals surface area contributed by atoms with Gasteiger partial charge in [0.15, 0.2) is 12.4 Å². The van der Waals surface area contributed by atoms with Crippen molar-refractivity contribution in [2.45, 2.75) is 38.7 Å². The molecule has 2 aromatic rings. The van der Waals surface area contributed by atoms with Crippen molar-refractivity contribution in [1.29, 1.82) is 0 Å². The van der Waals surface area contributed by atoms with Gasteiger partial charge < -0.3 is 14.0 Å². The van der Waals surface area contributed by atoms with E-state index in [-0.39, 0.29) is 0 Å². The third kappa shape index (κ3) is 3.61. The summed E-state index contributed by atoms with van der Waals surface area (Å²) in [6, 6.07) is 6.32. The Hall–Kier alpha value is -1.88. The van der Waals surface area contributed by atoms with Crippen LogP contribution in [0.15, 0.2) is 22.7 Å². The molecule has 1 aromatic heterocycles. The van der Waals surface area contributed by atoms with Crippen molar-refractivity contribution in [3.8, 4) is 5.75 Å². The lowest BCUT2D eigenvalue weighted by Gasteiger charge is -2.16. The van der Waals surface area contributed by atoms with Gasteiger partial charge in [-0.1, -0.05) is 11.2 Å². The lowest BCUT2D eigenvalue weighted by Crippen LogP contribution is -2.03. The molecule has 0 aliphatic heterocycles. The first-order chi connectivity index (χ1) is 10.3. The number of ether oxygens (including phenoxy) is 2. The van der Waals surface area contributed by atoms with E-state index < -0.39 is 0 Å². The van der Waals surface area contributed by atoms with Gasteiger partial charge in [-0.3, -0.25) is 0 Å². The Kier molecular flexibility index (Phi) is 4.50. The van der Waals surface area contributed by atoms with Crippen molar-refractivity contribution >= 4 is 0 Å². The standard InChI is InChI=1S/C16H20N2O3/c1-19-9-8-15-17-16(21-18-15)11-20-14-7-6-12-4-2-3-5-13(12)10-14/h6-7,10H,2-5,8-9,11H2,1H3. The van der Waals surface area contributed by atoms with Crippen LogP contribution in [0.3, 0.4) is 0 Å². The second-order valence-corrected chi connectivity index (χ2v) is 5.27. The summed E-state index contributed by atoms with van der Waals surface area (Å²) in [4.78, 5) is 4.27. The second kappa shape index (κ2) is 6.72. The van der Waals surface area contributed by atoms with E-state index in [0.717, 1.165) is 12.2 Å². The van der Waals surface area contributed by atoms with Gasteiger partial charge in [-0.25, -0.2) is 0 Å². The SMILES string of the molecule is COCCc1noc(COc2ccc3c(c2)CCCC3)n1. The number of hydrogen-bond donors (Lipinski definition) is 0. The van der Waals surface area contributed by atoms with Gasteiger partial charge in [0, 0.05) is 13.5 Å². The fourth-order valence-electron chi connectivity index (χ4n) is 2.59. The minimum atomic E-state index is 0.304. The number of hydrogen-bond acceptors (Lipinski definition) is 5. The van der Waals surface area contributed by atoms with Crippen molar-refractivity contribution in [2.24, 2.45) is 0 Å². The smallest absolute Gasteiger partial charge is 0.264 e. The fourth-order valence-corrected chi connectivity index (χ4v) is 2.59. The first-order valence-electron chi connectivity index (χ1n) is 7.40. The maximum Gasteiger partial charge on any atom is 0.264 e. The first kappa shape index (κ1) is 14.1. The molecule has 0 spiro atoms. The van der Waals surface area contributed by atoms with Crippen LogP contribution in [0.1, 0.15) is 35.7 Å². The van der Waals surface area contributed by atoms with Gasteiger partial charge in [-0.15, -0.1) is 0 Å². The number of rotatable bonds is 6. The summed E-state index contributed by atoms with van der Waals surface area (Å²) in [5, 5.41) is 3.89. The Morgan fingerprint density at radius 1 is 1.19 bits per heavy atom. The number of aromatic nitrogens is 2. The number of benzene rings is 1. The molecule has 3 rings (SSSR count). The molecule has 5 heteroatoms. The molecule has 1 aromatic carbocycles. The summed E-state index contributed by atoms with van der Waals surface area (Å²) < 4.78 is 15.9. The molecule has 0 N–H and O–H groups in total. The van der Waals surface area contributed by atoms with Crippen LogP contribution in [0.5, 0.6) is 5.75 Å². The largest absolute Gasteiger partial charge is 0.484 e. The van der Waals surface area contributed by atoms with Crippen LogP contribution < -0.4 is 4.74 Å². The number of fused-ring (bicyclic) bond motifs is 1. The molecule has 0 radical (unpaired) electrons. The average molecular weight is 288 g/mol. The normalized spacial score (nSPS) is 14.0. The molecule has 112 valence electrons. The van der Waals surface area contributed by atoms with E-state index in [2.05, 4.69) is 22.3 Å². The molecule has 0 bridgehead atoms. The monoisotopic (exact) mass is 288 g/mol. The third-order valence-corrected chi connectivity index (χ3v) is 3.72. The highest BCUT2D eigenvalue weighted by molar-refractivity contribution is 5.37. The molecule has 1 aliphatic carbocycles. The van der Waals surface area contributed by atoms with Crippen LogP contribution in [-0.4, -0.2) is 23.9 Å². The molecule has 0 unspecified atom stereocenters. The second-order valence-electron chi connectivity index (χ2n) is 5.27. The van der Waals surface area contributed by atoms with Gasteiger partial charge in [-0.2, -0.15) is 4.98 Å². The van der Waals surface area contributed by atoms with Crippen LogP contribution in [0, 0.1) is 0 Å². The Bertz CT molecular complexity index is 595. The van der Waals surface area contributed by atoms with Crippen molar-refractivity contribution in [1.82, 2.24) is 10.1 Å². The average Bonchev–Trinajstić information content (AvgIpc) is 2.98. The number of methoxy groups -OCH3 is 1. The zero-order chi connectivity index (χ0) is 14.5. The molecular weight excluding hydrogens is 268 g/mol. The van der Waals surface area contributed by atoms with Crippen molar-refractivity contribution in [2.75, 3.05) is 13.7 Å². The van der Waals surface area contributed by atoms with E-state index in [1.165, 1.54) is 30.4 Å². The van der Waals surface area contributed by atoms with Gasteiger partial charge in [0.05, 0.1) is 6.61 Å². The summed E-state index contributed by atoms with van der Waals surface area (Å²) in [5.41, 5.74) is 2.86. The van der Waals surface area contributed by atoms with E-state index in [1.54, 1.807) is 7.11 Å². The van der Waals surface area contributed by atoms with Crippen LogP contribution in [0.2, 0.25) is 0 Å². The van der Waals surface area contributed by atoms with Crippen molar-refractivity contribution in [3.63, 3.8) is 0 Å². The summed E-state index contributed by atoms with van der Waals surface area (Å²) in [7, 11) is 1.65. The van der Waals surface area contributed by atoms with Gasteiger partial charge in [0.25, 0.3) is 5.89 Å². The summed E-state index contributed by atoms with van der Waals surface area (Å²) in [5.74, 6) is 2.02. The number of nitrogens with zero attached hydrogens (tertiary/aromatic N) is 2. The minimum absolute atomic E-state index is 0.304. The Morgan fingerprint density at radius 2 is 2.05 bits per heavy atom. The van der Waals surface area contributed by atoms with Gasteiger partial charge in [-0.05, 0) is 48.9 Å². The van der Waals surface area contributed by atoms with E-state index >= 15 is 0 Å². The Balaban J connectivity index is 1.58. The molecule has 0 amide bonds. The highest BCUT2D eigenvalue weighted by Crippen LogP contribution is 2.25. The summed E-state index contributed by atoms with van der Waals surface area (Å²) >= 11 is 0. The Morgan fingerprint density at radius 3 is 2.90 bits per heavy atom. The van der Waals surface area contributed by atoms with Crippen molar-refractivity contribution < 1.29 is 14.0 Å². The van der Waals surface area contributed by atoms with E-state index in [9.17, 15) is 0 Å². The molecule has 5 nitrogen and oxygen atoms in total. The zero-order valence-electron chi connectivity index (χ0n) is 12.3. The molecule has 0 fully saturated rings. The third-order valence-electron chi connectivity index (χ3n) is 3.72. The molecule has 1 aliphatic rings. The molecule has 0 saturated carbocycles. The maximum atomic E-state index is 5.75. The highest BCUT2D eigenvalue weighted by Gasteiger charge is 2.11. The lowest BCUT2D eigenvalue weighted by atomic mass is 9.92. The first-order valence-corrected chi connectivity index (χ1v) is 7.40. The molecule has 21 heavy (non-hydrogen) atoms. The topological polar surface area (TPSA) is 57.4 Å². The highest BCUT2D eigenvalue weighted by atomic mass is 16.5. The van der Waals surface area contributed by atoms with E-state index in [0.29, 0.717) is 31.3 Å². The van der Waals surface area contributed by atoms with Crippen LogP contribution in [0.4, 0.5) is 0 Å². The number of aryl methyl sites for hydroxylation is 2. The van der Waals surface area contributed by atoms with Crippen LogP contribution in [-0.2, 0) is 30.6 Å². The van der Waals surface area contributed by atoms with Crippen LogP contribution >= 0.6 is 0 Å². The maximum absolute atomic E-state index is 5.75. The Labute approximate surface area is 124 Å². The van der Waals surface area contributed by atoms with Gasteiger partial charge >= 0.3 is 0 Å². The predicted molar refractivity (Wildman–Crippen MR) is 77.3 cm³/mol. The van der Waals surface area contributed by atoms with E-state index in [1.807, 2.05) is 6.07 Å². The van der Waals surface area contributed by atoms with Gasteiger partial charge in [0.2, 0.25) is 0 Å². The van der Waals surface area contributed by atoms with Gasteiger partial charge in [0.1, 0.15) is 5.75 Å². The molecular formula is C16H20N2O3. The molecule has 1 heterocycles. The lowest BCUT2D eigenvalue weighted by molar-refractivity contribution is 0.199. The quantitative estimate of drug-likeness (QED) is 0.818. The van der Waals surface area contributed by atoms with Crippen molar-refractivity contribution in [3.05, 3.63) is 41.0 Å². The van der Waals surface area contributed by atoms with Crippen LogP contribution in [0.25, 0.3) is 0 Å². The van der Waals surface area contributed by atoms with E-state index in [4.69, 9.17) is 14.0 Å². The molecule has 0 saturated heterocycles. The predicted octanol–water partition coefficient (Wildman–Crippen LogP) is 2.72. The summed E-state index contributed by atoms with van der Waals surface area (Å²) in [6.45, 7) is 0.892.